The van der Waals surface area contributed by atoms with Crippen LogP contribution in [0, 0.1) is 5.82 Å². The van der Waals surface area contributed by atoms with Crippen LogP contribution < -0.4 is 10.6 Å². The van der Waals surface area contributed by atoms with Crippen molar-refractivity contribution in [3.63, 3.8) is 0 Å². The number of nitrogens with one attached hydrogen (secondary N) is 2. The van der Waals surface area contributed by atoms with E-state index in [2.05, 4.69) is 31.7 Å². The van der Waals surface area contributed by atoms with Crippen LogP contribution in [0.1, 0.15) is 18.9 Å². The predicted octanol–water partition coefficient (Wildman–Crippen LogP) is 3.55. The molecule has 5 nitrogen and oxygen atoms in total. The number of thiocarbonyl (C=S) groups is 1. The highest BCUT2D eigenvalue weighted by atomic mass is 79.9. The Hall–Kier alpha value is -1.51. The summed E-state index contributed by atoms with van der Waals surface area (Å²) in [5, 5.41) is 11.1. The standard InChI is InChI=1S/C16H20BrFN4OS/c1-2-23-9-3-8-19-16(24)20-15-14(17)11-22(21-15)10-12-4-6-13(18)7-5-12/h4-7,11H,2-3,8-10H2,1H3,(H2,19,20,21,24). The minimum absolute atomic E-state index is 0.247. The Morgan fingerprint density at radius 2 is 2.12 bits per heavy atom. The van der Waals surface area contributed by atoms with Gasteiger partial charge in [-0.05, 0) is 59.2 Å². The van der Waals surface area contributed by atoms with Crippen LogP contribution >= 0.6 is 28.1 Å². The van der Waals surface area contributed by atoms with Crippen LogP contribution in [0.2, 0.25) is 0 Å². The van der Waals surface area contributed by atoms with Crippen LogP contribution in [0.5, 0.6) is 0 Å². The summed E-state index contributed by atoms with van der Waals surface area (Å²) < 4.78 is 20.8. The van der Waals surface area contributed by atoms with E-state index < -0.39 is 0 Å². The van der Waals surface area contributed by atoms with E-state index in [-0.39, 0.29) is 5.82 Å². The van der Waals surface area contributed by atoms with Crippen molar-refractivity contribution in [3.05, 3.63) is 46.3 Å². The van der Waals surface area contributed by atoms with Gasteiger partial charge in [0.05, 0.1) is 11.0 Å². The summed E-state index contributed by atoms with van der Waals surface area (Å²) in [4.78, 5) is 0. The number of rotatable bonds is 8. The lowest BCUT2D eigenvalue weighted by atomic mass is 10.2. The van der Waals surface area contributed by atoms with Gasteiger partial charge in [-0.15, -0.1) is 0 Å². The van der Waals surface area contributed by atoms with Gasteiger partial charge in [0.15, 0.2) is 10.9 Å². The van der Waals surface area contributed by atoms with Crippen LogP contribution in [0.3, 0.4) is 0 Å². The summed E-state index contributed by atoms with van der Waals surface area (Å²) >= 11 is 8.71. The zero-order valence-electron chi connectivity index (χ0n) is 13.4. The van der Waals surface area contributed by atoms with E-state index in [9.17, 15) is 4.39 Å². The summed E-state index contributed by atoms with van der Waals surface area (Å²) in [6.45, 7) is 4.69. The molecule has 130 valence electrons. The fourth-order valence-electron chi connectivity index (χ4n) is 2.01. The maximum Gasteiger partial charge on any atom is 0.172 e. The van der Waals surface area contributed by atoms with Crippen molar-refractivity contribution < 1.29 is 9.13 Å². The lowest BCUT2D eigenvalue weighted by Gasteiger charge is -2.09. The molecule has 24 heavy (non-hydrogen) atoms. The van der Waals surface area contributed by atoms with Gasteiger partial charge in [-0.25, -0.2) is 4.39 Å². The molecule has 1 aromatic heterocycles. The van der Waals surface area contributed by atoms with Crippen molar-refractivity contribution in [2.24, 2.45) is 0 Å². The predicted molar refractivity (Wildman–Crippen MR) is 101 cm³/mol. The highest BCUT2D eigenvalue weighted by Crippen LogP contribution is 2.20. The molecule has 2 N–H and O–H groups in total. The van der Waals surface area contributed by atoms with E-state index in [0.29, 0.717) is 24.1 Å². The number of nitrogens with zero attached hydrogens (tertiary/aromatic N) is 2. The third-order valence-corrected chi connectivity index (χ3v) is 3.99. The van der Waals surface area contributed by atoms with Crippen molar-refractivity contribution in [3.8, 4) is 0 Å². The molecule has 0 atom stereocenters. The zero-order valence-corrected chi connectivity index (χ0v) is 15.8. The molecule has 0 unspecified atom stereocenters. The van der Waals surface area contributed by atoms with Gasteiger partial charge in [0.2, 0.25) is 0 Å². The Morgan fingerprint density at radius 1 is 1.38 bits per heavy atom. The molecule has 0 aliphatic carbocycles. The first-order valence-electron chi connectivity index (χ1n) is 7.68. The molecule has 0 radical (unpaired) electrons. The van der Waals surface area contributed by atoms with Gasteiger partial charge in [-0.2, -0.15) is 5.10 Å². The van der Waals surface area contributed by atoms with Crippen LogP contribution in [0.4, 0.5) is 10.2 Å². The molecular formula is C16H20BrFN4OS. The van der Waals surface area contributed by atoms with Crippen molar-refractivity contribution in [2.75, 3.05) is 25.1 Å². The van der Waals surface area contributed by atoms with Crippen molar-refractivity contribution in [1.29, 1.82) is 0 Å². The Labute approximate surface area is 154 Å². The molecule has 1 heterocycles. The summed E-state index contributed by atoms with van der Waals surface area (Å²) in [5.74, 6) is 0.392. The van der Waals surface area contributed by atoms with Crippen molar-refractivity contribution in [2.45, 2.75) is 19.9 Å². The van der Waals surface area contributed by atoms with E-state index >= 15 is 0 Å². The molecule has 0 amide bonds. The number of aromatic nitrogens is 2. The lowest BCUT2D eigenvalue weighted by molar-refractivity contribution is 0.146. The Morgan fingerprint density at radius 3 is 2.83 bits per heavy atom. The van der Waals surface area contributed by atoms with Gasteiger partial charge >= 0.3 is 0 Å². The highest BCUT2D eigenvalue weighted by Gasteiger charge is 2.08. The second kappa shape index (κ2) is 9.71. The van der Waals surface area contributed by atoms with E-state index in [1.54, 1.807) is 16.8 Å². The topological polar surface area (TPSA) is 51.1 Å². The molecule has 0 aliphatic heterocycles. The molecule has 1 aromatic carbocycles. The van der Waals surface area contributed by atoms with Crippen molar-refractivity contribution in [1.82, 2.24) is 15.1 Å². The maximum atomic E-state index is 12.9. The summed E-state index contributed by atoms with van der Waals surface area (Å²) in [7, 11) is 0. The number of hydrogen-bond acceptors (Lipinski definition) is 3. The molecule has 0 saturated carbocycles. The second-order valence-electron chi connectivity index (χ2n) is 5.08. The fraction of sp³-hybridized carbons (Fsp3) is 0.375. The number of ether oxygens (including phenoxy) is 1. The van der Waals surface area contributed by atoms with Gasteiger partial charge in [0.1, 0.15) is 5.82 Å². The van der Waals surface area contributed by atoms with Crippen LogP contribution in [-0.4, -0.2) is 34.7 Å². The average molecular weight is 415 g/mol. The van der Waals surface area contributed by atoms with Gasteiger partial charge in [-0.1, -0.05) is 12.1 Å². The number of anilines is 1. The molecule has 2 aromatic rings. The average Bonchev–Trinajstić information content (AvgIpc) is 2.89. The largest absolute Gasteiger partial charge is 0.382 e. The van der Waals surface area contributed by atoms with E-state index in [1.165, 1.54) is 12.1 Å². The lowest BCUT2D eigenvalue weighted by Crippen LogP contribution is -2.30. The zero-order chi connectivity index (χ0) is 17.4. The third-order valence-electron chi connectivity index (χ3n) is 3.16. The summed E-state index contributed by atoms with van der Waals surface area (Å²) in [6.07, 6.45) is 2.74. The third kappa shape index (κ3) is 6.18. The van der Waals surface area contributed by atoms with Gasteiger partial charge in [-0.3, -0.25) is 4.68 Å². The van der Waals surface area contributed by atoms with Crippen LogP contribution in [0.15, 0.2) is 34.9 Å². The molecule has 0 spiro atoms. The Balaban J connectivity index is 1.84. The van der Waals surface area contributed by atoms with Crippen LogP contribution in [0.25, 0.3) is 0 Å². The van der Waals surface area contributed by atoms with Gasteiger partial charge in [0, 0.05) is 26.0 Å². The minimum Gasteiger partial charge on any atom is -0.382 e. The van der Waals surface area contributed by atoms with Crippen molar-refractivity contribution >= 4 is 39.1 Å². The molecule has 0 bridgehead atoms. The molecule has 0 aliphatic rings. The molecule has 0 saturated heterocycles. The first kappa shape index (κ1) is 18.8. The second-order valence-corrected chi connectivity index (χ2v) is 6.34. The maximum absolute atomic E-state index is 12.9. The first-order valence-corrected chi connectivity index (χ1v) is 8.88. The van der Waals surface area contributed by atoms with Crippen LogP contribution in [-0.2, 0) is 11.3 Å². The molecule has 0 fully saturated rings. The first-order chi connectivity index (χ1) is 11.6. The number of benzene rings is 1. The number of halogens is 2. The van der Waals surface area contributed by atoms with E-state index in [1.807, 2.05) is 13.1 Å². The minimum atomic E-state index is -0.247. The monoisotopic (exact) mass is 414 g/mol. The summed E-state index contributed by atoms with van der Waals surface area (Å²) in [5.41, 5.74) is 0.967. The molecule has 2 rings (SSSR count). The quantitative estimate of drug-likeness (QED) is 0.510. The summed E-state index contributed by atoms with van der Waals surface area (Å²) in [6, 6.07) is 6.36. The highest BCUT2D eigenvalue weighted by molar-refractivity contribution is 9.10. The molecule has 8 heteroatoms. The smallest absolute Gasteiger partial charge is 0.172 e. The molecular weight excluding hydrogens is 395 g/mol. The normalized spacial score (nSPS) is 10.6. The van der Waals surface area contributed by atoms with Gasteiger partial charge in [0.25, 0.3) is 0 Å². The van der Waals surface area contributed by atoms with E-state index in [4.69, 9.17) is 17.0 Å². The SMILES string of the molecule is CCOCCCNC(=S)Nc1nn(Cc2ccc(F)cc2)cc1Br. The van der Waals surface area contributed by atoms with Gasteiger partial charge < -0.3 is 15.4 Å². The van der Waals surface area contributed by atoms with E-state index in [0.717, 1.165) is 29.6 Å². The number of hydrogen-bond donors (Lipinski definition) is 2. The Kier molecular flexibility index (Phi) is 7.61. The Bertz CT molecular complexity index is 663. The fourth-order valence-corrected chi connectivity index (χ4v) is 2.63.